The number of hydrogen-bond donors (Lipinski definition) is 0. The number of rotatable bonds is 3. The zero-order chi connectivity index (χ0) is 8.10. The summed E-state index contributed by atoms with van der Waals surface area (Å²) >= 11 is 0. The van der Waals surface area contributed by atoms with Gasteiger partial charge in [-0.1, -0.05) is 31.2 Å². The van der Waals surface area contributed by atoms with Crippen LogP contribution in [0.3, 0.4) is 0 Å². The van der Waals surface area contributed by atoms with Crippen LogP contribution in [0.2, 0.25) is 0 Å². The number of hydrogen-bond acceptors (Lipinski definition) is 0. The molecule has 1 unspecified atom stereocenters. The highest BCUT2D eigenvalue weighted by molar-refractivity contribution is 7.16. The molecule has 0 spiro atoms. The second-order valence-corrected chi connectivity index (χ2v) is 3.29. The van der Waals surface area contributed by atoms with E-state index in [0.717, 1.165) is 12.6 Å². The lowest BCUT2D eigenvalue weighted by Crippen LogP contribution is -1.86. The van der Waals surface area contributed by atoms with Crippen molar-refractivity contribution >= 4 is 9.24 Å². The van der Waals surface area contributed by atoms with Crippen LogP contribution in [-0.2, 0) is 12.8 Å². The van der Waals surface area contributed by atoms with Gasteiger partial charge in [-0.3, -0.25) is 0 Å². The van der Waals surface area contributed by atoms with E-state index >= 15 is 0 Å². The standard InChI is InChI=1S/C10H15P/c1-2-9-3-5-10(6-4-9)7-8-11/h3-6H,2,7-8,11H2,1H3. The normalized spacial score (nSPS) is 10.0. The van der Waals surface area contributed by atoms with Gasteiger partial charge >= 0.3 is 0 Å². The Labute approximate surface area is 71.2 Å². The van der Waals surface area contributed by atoms with Crippen LogP contribution in [-0.4, -0.2) is 6.16 Å². The Hall–Kier alpha value is -0.350. The van der Waals surface area contributed by atoms with Crippen LogP contribution in [0.15, 0.2) is 24.3 Å². The summed E-state index contributed by atoms with van der Waals surface area (Å²) in [5.41, 5.74) is 2.87. The molecule has 0 saturated heterocycles. The zero-order valence-electron chi connectivity index (χ0n) is 7.01. The molecule has 1 heteroatoms. The number of aryl methyl sites for hydroxylation is 2. The minimum absolute atomic E-state index is 1.14. The summed E-state index contributed by atoms with van der Waals surface area (Å²) in [6.07, 6.45) is 3.47. The van der Waals surface area contributed by atoms with Gasteiger partial charge in [-0.2, -0.15) is 0 Å². The third-order valence-electron chi connectivity index (χ3n) is 1.86. The molecule has 0 fully saturated rings. The summed E-state index contributed by atoms with van der Waals surface area (Å²) in [5.74, 6) is 0. The second kappa shape index (κ2) is 4.51. The highest BCUT2D eigenvalue weighted by Gasteiger charge is 1.90. The molecule has 0 heterocycles. The fourth-order valence-electron chi connectivity index (χ4n) is 1.11. The summed E-state index contributed by atoms with van der Waals surface area (Å²) in [7, 11) is 2.75. The van der Waals surface area contributed by atoms with E-state index in [1.54, 1.807) is 0 Å². The van der Waals surface area contributed by atoms with E-state index < -0.39 is 0 Å². The van der Waals surface area contributed by atoms with Crippen LogP contribution >= 0.6 is 9.24 Å². The predicted molar refractivity (Wildman–Crippen MR) is 54.1 cm³/mol. The van der Waals surface area contributed by atoms with Crippen LogP contribution in [0.4, 0.5) is 0 Å². The second-order valence-electron chi connectivity index (χ2n) is 2.71. The molecule has 0 N–H and O–H groups in total. The molecule has 0 aromatic heterocycles. The van der Waals surface area contributed by atoms with Crippen LogP contribution in [0.1, 0.15) is 18.1 Å². The molecule has 1 aromatic rings. The number of benzene rings is 1. The molecule has 0 radical (unpaired) electrons. The van der Waals surface area contributed by atoms with E-state index in [1.165, 1.54) is 17.5 Å². The molecule has 1 rings (SSSR count). The van der Waals surface area contributed by atoms with Gasteiger partial charge in [-0.05, 0) is 30.1 Å². The molecular formula is C10H15P. The van der Waals surface area contributed by atoms with Crippen molar-refractivity contribution in [3.05, 3.63) is 35.4 Å². The Morgan fingerprint density at radius 1 is 1.09 bits per heavy atom. The average molecular weight is 166 g/mol. The molecule has 0 aliphatic rings. The quantitative estimate of drug-likeness (QED) is 0.605. The minimum atomic E-state index is 1.14. The Morgan fingerprint density at radius 3 is 2.09 bits per heavy atom. The first kappa shape index (κ1) is 8.74. The fourth-order valence-corrected chi connectivity index (χ4v) is 1.44. The molecule has 0 nitrogen and oxygen atoms in total. The van der Waals surface area contributed by atoms with E-state index in [9.17, 15) is 0 Å². The van der Waals surface area contributed by atoms with E-state index in [-0.39, 0.29) is 0 Å². The van der Waals surface area contributed by atoms with Crippen molar-refractivity contribution in [3.63, 3.8) is 0 Å². The van der Waals surface area contributed by atoms with Crippen LogP contribution < -0.4 is 0 Å². The Balaban J connectivity index is 2.66. The Bertz CT molecular complexity index is 201. The fraction of sp³-hybridized carbons (Fsp3) is 0.400. The van der Waals surface area contributed by atoms with Gasteiger partial charge < -0.3 is 0 Å². The maximum absolute atomic E-state index is 2.75. The molecule has 60 valence electrons. The maximum Gasteiger partial charge on any atom is -0.0244 e. The van der Waals surface area contributed by atoms with Crippen molar-refractivity contribution in [1.29, 1.82) is 0 Å². The van der Waals surface area contributed by atoms with Crippen molar-refractivity contribution in [2.75, 3.05) is 6.16 Å². The van der Waals surface area contributed by atoms with E-state index in [1.807, 2.05) is 0 Å². The summed E-state index contributed by atoms with van der Waals surface area (Å²) < 4.78 is 0. The van der Waals surface area contributed by atoms with Crippen molar-refractivity contribution in [1.82, 2.24) is 0 Å². The summed E-state index contributed by atoms with van der Waals surface area (Å²) in [4.78, 5) is 0. The topological polar surface area (TPSA) is 0 Å². The maximum atomic E-state index is 2.75. The smallest absolute Gasteiger partial charge is 0.0244 e. The summed E-state index contributed by atoms with van der Waals surface area (Å²) in [6.45, 7) is 2.19. The first-order valence-corrected chi connectivity index (χ1v) is 4.96. The zero-order valence-corrected chi connectivity index (χ0v) is 8.16. The van der Waals surface area contributed by atoms with Crippen molar-refractivity contribution in [2.24, 2.45) is 0 Å². The molecule has 0 aliphatic heterocycles. The molecule has 0 saturated carbocycles. The summed E-state index contributed by atoms with van der Waals surface area (Å²) in [6, 6.07) is 8.89. The lowest BCUT2D eigenvalue weighted by molar-refractivity contribution is 1.11. The Kier molecular flexibility index (Phi) is 3.59. The molecule has 11 heavy (non-hydrogen) atoms. The van der Waals surface area contributed by atoms with Crippen molar-refractivity contribution in [3.8, 4) is 0 Å². The van der Waals surface area contributed by atoms with Gasteiger partial charge in [0.15, 0.2) is 0 Å². The Morgan fingerprint density at radius 2 is 1.64 bits per heavy atom. The average Bonchev–Trinajstić information content (AvgIpc) is 2.07. The van der Waals surface area contributed by atoms with Crippen LogP contribution in [0.25, 0.3) is 0 Å². The largest absolute Gasteiger partial charge is 0.137 e. The third kappa shape index (κ3) is 2.63. The molecule has 0 amide bonds. The highest BCUT2D eigenvalue weighted by atomic mass is 31.0. The minimum Gasteiger partial charge on any atom is -0.137 e. The molecule has 0 aliphatic carbocycles. The predicted octanol–water partition coefficient (Wildman–Crippen LogP) is 2.67. The van der Waals surface area contributed by atoms with Gasteiger partial charge in [0.25, 0.3) is 0 Å². The van der Waals surface area contributed by atoms with Gasteiger partial charge in [0, 0.05) is 0 Å². The monoisotopic (exact) mass is 166 g/mol. The molecular weight excluding hydrogens is 151 g/mol. The lowest BCUT2D eigenvalue weighted by atomic mass is 10.1. The van der Waals surface area contributed by atoms with Gasteiger partial charge in [0.1, 0.15) is 0 Å². The molecule has 1 atom stereocenters. The van der Waals surface area contributed by atoms with Crippen LogP contribution in [0, 0.1) is 0 Å². The first-order chi connectivity index (χ1) is 5.36. The van der Waals surface area contributed by atoms with Crippen molar-refractivity contribution in [2.45, 2.75) is 19.8 Å². The van der Waals surface area contributed by atoms with Crippen molar-refractivity contribution < 1.29 is 0 Å². The molecule has 0 bridgehead atoms. The SMILES string of the molecule is CCc1ccc(CCP)cc1. The molecule has 1 aromatic carbocycles. The van der Waals surface area contributed by atoms with E-state index in [4.69, 9.17) is 0 Å². The van der Waals surface area contributed by atoms with E-state index in [2.05, 4.69) is 40.4 Å². The van der Waals surface area contributed by atoms with Crippen LogP contribution in [0.5, 0.6) is 0 Å². The van der Waals surface area contributed by atoms with Gasteiger partial charge in [-0.15, -0.1) is 9.24 Å². The first-order valence-electron chi connectivity index (χ1n) is 4.14. The van der Waals surface area contributed by atoms with Gasteiger partial charge in [-0.25, -0.2) is 0 Å². The lowest BCUT2D eigenvalue weighted by Gasteiger charge is -1.99. The van der Waals surface area contributed by atoms with Gasteiger partial charge in [0.05, 0.1) is 0 Å². The third-order valence-corrected chi connectivity index (χ3v) is 2.15. The summed E-state index contributed by atoms with van der Waals surface area (Å²) in [5, 5.41) is 0. The van der Waals surface area contributed by atoms with Gasteiger partial charge in [0.2, 0.25) is 0 Å². The highest BCUT2D eigenvalue weighted by Crippen LogP contribution is 2.06. The van der Waals surface area contributed by atoms with E-state index in [0.29, 0.717) is 0 Å².